The lowest BCUT2D eigenvalue weighted by molar-refractivity contribution is -0.147. The van der Waals surface area contributed by atoms with Gasteiger partial charge in [-0.25, -0.2) is 0 Å². The van der Waals surface area contributed by atoms with Gasteiger partial charge in [0.2, 0.25) is 17.7 Å². The zero-order chi connectivity index (χ0) is 21.7. The fraction of sp³-hybridized carbons (Fsp3) is 0.375. The molecule has 2 aromatic rings. The van der Waals surface area contributed by atoms with Gasteiger partial charge in [-0.15, -0.1) is 0 Å². The summed E-state index contributed by atoms with van der Waals surface area (Å²) in [7, 11) is 0. The van der Waals surface area contributed by atoms with Crippen molar-refractivity contribution in [3.8, 4) is 0 Å². The second kappa shape index (κ2) is 8.06. The minimum absolute atomic E-state index is 0.174. The highest BCUT2D eigenvalue weighted by Crippen LogP contribution is 2.56. The molecule has 31 heavy (non-hydrogen) atoms. The Balaban J connectivity index is 1.45. The molecule has 3 fully saturated rings. The summed E-state index contributed by atoms with van der Waals surface area (Å²) < 4.78 is 0.723. The standard InChI is InChI=1S/C24H22BrClN2O3/c25-17-9-8-16(12-18(17)26)27-22(29)19(10-13-4-2-1-3-5-13)28-23(30)20-14-6-7-15(11-14)21(20)24(28)31/h1-5,8-9,12,14-15,19-21H,6-7,10-11H2,(H,27,29)/t14-,15-,19-,20-,21+/m0/s1. The Labute approximate surface area is 194 Å². The number of carbonyl (C=O) groups excluding carboxylic acids is 3. The van der Waals surface area contributed by atoms with Gasteiger partial charge in [0.25, 0.3) is 0 Å². The molecule has 0 radical (unpaired) electrons. The molecule has 1 aliphatic heterocycles. The maximum Gasteiger partial charge on any atom is 0.248 e. The van der Waals surface area contributed by atoms with E-state index in [9.17, 15) is 14.4 Å². The van der Waals surface area contributed by atoms with Gasteiger partial charge in [-0.05, 0) is 70.8 Å². The minimum atomic E-state index is -0.894. The van der Waals surface area contributed by atoms with E-state index >= 15 is 0 Å². The molecule has 0 spiro atoms. The number of likely N-dealkylation sites (tertiary alicyclic amines) is 1. The average Bonchev–Trinajstić information content (AvgIpc) is 3.44. The van der Waals surface area contributed by atoms with Gasteiger partial charge < -0.3 is 5.32 Å². The third kappa shape index (κ3) is 3.60. The summed E-state index contributed by atoms with van der Waals surface area (Å²) in [5.41, 5.74) is 1.42. The normalized spacial score (nSPS) is 27.5. The van der Waals surface area contributed by atoms with E-state index in [1.165, 1.54) is 4.90 Å². The molecule has 2 aromatic carbocycles. The summed E-state index contributed by atoms with van der Waals surface area (Å²) in [4.78, 5) is 41.4. The fourth-order valence-corrected chi connectivity index (χ4v) is 6.10. The van der Waals surface area contributed by atoms with Crippen molar-refractivity contribution in [2.45, 2.75) is 31.7 Å². The number of hydrogen-bond acceptors (Lipinski definition) is 3. The highest BCUT2D eigenvalue weighted by atomic mass is 79.9. The smallest absolute Gasteiger partial charge is 0.248 e. The summed E-state index contributed by atoms with van der Waals surface area (Å²) in [6.45, 7) is 0. The van der Waals surface area contributed by atoms with Crippen LogP contribution in [-0.4, -0.2) is 28.7 Å². The van der Waals surface area contributed by atoms with Crippen molar-refractivity contribution >= 4 is 50.9 Å². The van der Waals surface area contributed by atoms with Crippen molar-refractivity contribution in [2.75, 3.05) is 5.32 Å². The predicted octanol–water partition coefficient (Wildman–Crippen LogP) is 4.68. The average molecular weight is 502 g/mol. The molecule has 1 N–H and O–H groups in total. The van der Waals surface area contributed by atoms with Crippen molar-refractivity contribution in [1.29, 1.82) is 0 Å². The van der Waals surface area contributed by atoms with Crippen molar-refractivity contribution in [1.82, 2.24) is 4.90 Å². The van der Waals surface area contributed by atoms with Crippen LogP contribution in [0.15, 0.2) is 53.0 Å². The van der Waals surface area contributed by atoms with Crippen LogP contribution < -0.4 is 5.32 Å². The monoisotopic (exact) mass is 500 g/mol. The SMILES string of the molecule is O=C(Nc1ccc(Br)c(Cl)c1)[C@H](Cc1ccccc1)N1C(=O)[C@@H]2[C@H]3CC[C@@H](C3)[C@@H]2C1=O. The number of anilines is 1. The van der Waals surface area contributed by atoms with Crippen molar-refractivity contribution in [2.24, 2.45) is 23.7 Å². The molecule has 160 valence electrons. The van der Waals surface area contributed by atoms with Crippen LogP contribution in [0, 0.1) is 23.7 Å². The molecule has 0 aromatic heterocycles. The van der Waals surface area contributed by atoms with E-state index in [4.69, 9.17) is 11.6 Å². The minimum Gasteiger partial charge on any atom is -0.324 e. The lowest BCUT2D eigenvalue weighted by Crippen LogP contribution is -2.49. The topological polar surface area (TPSA) is 66.5 Å². The zero-order valence-electron chi connectivity index (χ0n) is 16.8. The lowest BCUT2D eigenvalue weighted by Gasteiger charge is -2.27. The molecule has 2 bridgehead atoms. The molecule has 2 aliphatic carbocycles. The Hall–Kier alpha value is -2.18. The van der Waals surface area contributed by atoms with Crippen LogP contribution in [0.25, 0.3) is 0 Å². The number of carbonyl (C=O) groups is 3. The van der Waals surface area contributed by atoms with Gasteiger partial charge >= 0.3 is 0 Å². The van der Waals surface area contributed by atoms with Crippen LogP contribution in [0.5, 0.6) is 0 Å². The van der Waals surface area contributed by atoms with Crippen LogP contribution in [0.1, 0.15) is 24.8 Å². The van der Waals surface area contributed by atoms with Crippen molar-refractivity contribution in [3.05, 3.63) is 63.6 Å². The number of nitrogens with zero attached hydrogens (tertiary/aromatic N) is 1. The molecule has 5 atom stereocenters. The second-order valence-corrected chi connectivity index (χ2v) is 10.0. The number of halogens is 2. The number of rotatable bonds is 5. The maximum absolute atomic E-state index is 13.4. The largest absolute Gasteiger partial charge is 0.324 e. The summed E-state index contributed by atoms with van der Waals surface area (Å²) in [6, 6.07) is 13.7. The van der Waals surface area contributed by atoms with Crippen LogP contribution in [-0.2, 0) is 20.8 Å². The highest BCUT2D eigenvalue weighted by molar-refractivity contribution is 9.10. The van der Waals surface area contributed by atoms with E-state index in [0.29, 0.717) is 10.7 Å². The number of amides is 3. The third-order valence-electron chi connectivity index (χ3n) is 7.03. The lowest BCUT2D eigenvalue weighted by atomic mass is 9.81. The molecular formula is C24H22BrClN2O3. The first-order valence-corrected chi connectivity index (χ1v) is 11.8. The maximum atomic E-state index is 13.4. The Bertz CT molecular complexity index is 1030. The van der Waals surface area contributed by atoms with Crippen LogP contribution in [0.3, 0.4) is 0 Å². The Morgan fingerprint density at radius 3 is 2.32 bits per heavy atom. The van der Waals surface area contributed by atoms with E-state index in [-0.39, 0.29) is 47.8 Å². The molecular weight excluding hydrogens is 480 g/mol. The van der Waals surface area contributed by atoms with E-state index < -0.39 is 6.04 Å². The first-order chi connectivity index (χ1) is 14.9. The van der Waals surface area contributed by atoms with Crippen LogP contribution in [0.4, 0.5) is 5.69 Å². The van der Waals surface area contributed by atoms with Gasteiger partial charge in [-0.1, -0.05) is 41.9 Å². The fourth-order valence-electron chi connectivity index (χ4n) is 5.68. The number of imide groups is 1. The molecule has 7 heteroatoms. The van der Waals surface area contributed by atoms with Gasteiger partial charge in [0.05, 0.1) is 16.9 Å². The van der Waals surface area contributed by atoms with E-state index in [0.717, 1.165) is 29.3 Å². The van der Waals surface area contributed by atoms with Gasteiger partial charge in [0.15, 0.2) is 0 Å². The van der Waals surface area contributed by atoms with Crippen molar-refractivity contribution < 1.29 is 14.4 Å². The Morgan fingerprint density at radius 1 is 1.06 bits per heavy atom. The van der Waals surface area contributed by atoms with Crippen LogP contribution >= 0.6 is 27.5 Å². The number of nitrogens with one attached hydrogen (secondary N) is 1. The molecule has 1 heterocycles. The predicted molar refractivity (Wildman–Crippen MR) is 121 cm³/mol. The molecule has 3 aliphatic rings. The first-order valence-electron chi connectivity index (χ1n) is 10.6. The number of benzene rings is 2. The summed E-state index contributed by atoms with van der Waals surface area (Å²) >= 11 is 9.51. The number of fused-ring (bicyclic) bond motifs is 5. The molecule has 3 amide bonds. The zero-order valence-corrected chi connectivity index (χ0v) is 19.1. The van der Waals surface area contributed by atoms with Gasteiger partial charge in [0, 0.05) is 16.6 Å². The Kier molecular flexibility index (Phi) is 5.39. The van der Waals surface area contributed by atoms with E-state index in [1.54, 1.807) is 18.2 Å². The molecule has 1 saturated heterocycles. The van der Waals surface area contributed by atoms with Gasteiger partial charge in [-0.2, -0.15) is 0 Å². The summed E-state index contributed by atoms with van der Waals surface area (Å²) in [5.74, 6) is -0.668. The van der Waals surface area contributed by atoms with E-state index in [1.807, 2.05) is 30.3 Å². The highest BCUT2D eigenvalue weighted by Gasteiger charge is 2.62. The van der Waals surface area contributed by atoms with Gasteiger partial charge in [0.1, 0.15) is 6.04 Å². The third-order valence-corrected chi connectivity index (χ3v) is 8.27. The summed E-state index contributed by atoms with van der Waals surface area (Å²) in [5, 5.41) is 3.33. The van der Waals surface area contributed by atoms with Crippen molar-refractivity contribution in [3.63, 3.8) is 0 Å². The first kappa shape index (κ1) is 20.7. The molecule has 5 rings (SSSR count). The molecule has 2 saturated carbocycles. The van der Waals surface area contributed by atoms with Gasteiger partial charge in [-0.3, -0.25) is 19.3 Å². The number of hydrogen-bond donors (Lipinski definition) is 1. The molecule has 5 nitrogen and oxygen atoms in total. The van der Waals surface area contributed by atoms with E-state index in [2.05, 4.69) is 21.2 Å². The second-order valence-electron chi connectivity index (χ2n) is 8.75. The van der Waals surface area contributed by atoms with Crippen LogP contribution in [0.2, 0.25) is 5.02 Å². The Morgan fingerprint density at radius 2 is 1.71 bits per heavy atom. The quantitative estimate of drug-likeness (QED) is 0.605. The summed E-state index contributed by atoms with van der Waals surface area (Å²) in [6.07, 6.45) is 3.26. The molecule has 0 unspecified atom stereocenters.